The summed E-state index contributed by atoms with van der Waals surface area (Å²) < 4.78 is 7.47. The largest absolute Gasteiger partial charge is 0.497 e. The maximum absolute atomic E-state index is 13.5. The van der Waals surface area contributed by atoms with Crippen LogP contribution in [0.15, 0.2) is 73.4 Å². The van der Waals surface area contributed by atoms with Gasteiger partial charge in [-0.3, -0.25) is 14.8 Å². The van der Waals surface area contributed by atoms with Gasteiger partial charge in [0.05, 0.1) is 18.2 Å². The van der Waals surface area contributed by atoms with Crippen LogP contribution in [0.1, 0.15) is 20.8 Å². The number of rotatable bonds is 6. The molecule has 6 nitrogen and oxygen atoms in total. The van der Waals surface area contributed by atoms with Gasteiger partial charge >= 0.3 is 0 Å². The van der Waals surface area contributed by atoms with Crippen LogP contribution in [0.4, 0.5) is 0 Å². The Balaban J connectivity index is 1.56. The minimum Gasteiger partial charge on any atom is -0.497 e. The lowest BCUT2D eigenvalue weighted by atomic mass is 10.1. The molecule has 0 saturated carbocycles. The molecule has 0 radical (unpaired) electrons. The number of fused-ring (bicyclic) bond motifs is 1. The van der Waals surface area contributed by atoms with E-state index < -0.39 is 0 Å². The van der Waals surface area contributed by atoms with E-state index in [9.17, 15) is 4.79 Å². The van der Waals surface area contributed by atoms with Crippen molar-refractivity contribution in [2.24, 2.45) is 0 Å². The first kappa shape index (κ1) is 20.4. The molecule has 3 heterocycles. The van der Waals surface area contributed by atoms with E-state index in [1.165, 1.54) is 11.3 Å². The highest BCUT2D eigenvalue weighted by atomic mass is 35.5. The number of aromatic nitrogens is 4. The molecule has 0 aliphatic rings. The molecular weight excluding hydrogens is 444 g/mol. The van der Waals surface area contributed by atoms with Crippen LogP contribution in [0.3, 0.4) is 0 Å². The zero-order valence-corrected chi connectivity index (χ0v) is 18.6. The van der Waals surface area contributed by atoms with E-state index in [1.807, 2.05) is 48.7 Å². The molecule has 32 heavy (non-hydrogen) atoms. The Kier molecular flexibility index (Phi) is 5.43. The van der Waals surface area contributed by atoms with E-state index in [0.29, 0.717) is 38.5 Å². The second-order valence-electron chi connectivity index (χ2n) is 7.13. The van der Waals surface area contributed by atoms with E-state index >= 15 is 0 Å². The van der Waals surface area contributed by atoms with Crippen LogP contribution in [-0.4, -0.2) is 32.4 Å². The zero-order chi connectivity index (χ0) is 22.1. The minimum absolute atomic E-state index is 0.0919. The lowest BCUT2D eigenvalue weighted by Gasteiger charge is -2.06. The van der Waals surface area contributed by atoms with Gasteiger partial charge in [-0.25, -0.2) is 4.98 Å². The van der Waals surface area contributed by atoms with E-state index in [-0.39, 0.29) is 5.78 Å². The van der Waals surface area contributed by atoms with Crippen molar-refractivity contribution < 1.29 is 9.53 Å². The first-order valence-corrected chi connectivity index (χ1v) is 11.0. The number of ketones is 1. The molecule has 5 rings (SSSR count). The number of benzene rings is 2. The standard InChI is InChI=1S/C24H17ClN4O2S/c1-31-17-6-7-21-18(10-17)19(14-29(21)13-15-2-4-16(25)5-3-15)23(30)22-12-28-24(32-22)20-11-26-8-9-27-20/h2-12,14H,13H2,1H3. The predicted octanol–water partition coefficient (Wildman–Crippen LogP) is 5.50. The van der Waals surface area contributed by atoms with Crippen LogP contribution < -0.4 is 4.74 Å². The van der Waals surface area contributed by atoms with Crippen LogP contribution in [0.25, 0.3) is 21.6 Å². The third-order valence-corrected chi connectivity index (χ3v) is 6.38. The van der Waals surface area contributed by atoms with Crippen molar-refractivity contribution in [3.8, 4) is 16.5 Å². The third-order valence-electron chi connectivity index (χ3n) is 5.11. The van der Waals surface area contributed by atoms with Crippen molar-refractivity contribution in [2.45, 2.75) is 6.54 Å². The highest BCUT2D eigenvalue weighted by molar-refractivity contribution is 7.17. The molecule has 0 unspecified atom stereocenters. The molecule has 0 aliphatic carbocycles. The number of hydrogen-bond acceptors (Lipinski definition) is 6. The summed E-state index contributed by atoms with van der Waals surface area (Å²) in [4.78, 5) is 26.7. The average Bonchev–Trinajstić information content (AvgIpc) is 3.46. The lowest BCUT2D eigenvalue weighted by Crippen LogP contribution is -1.99. The second kappa shape index (κ2) is 8.53. The quantitative estimate of drug-likeness (QED) is 0.313. The fourth-order valence-electron chi connectivity index (χ4n) is 3.54. The molecule has 0 N–H and O–H groups in total. The van der Waals surface area contributed by atoms with Gasteiger partial charge in [0.15, 0.2) is 0 Å². The Labute approximate surface area is 193 Å². The molecule has 0 aliphatic heterocycles. The molecule has 0 saturated heterocycles. The maximum atomic E-state index is 13.5. The average molecular weight is 461 g/mol. The molecule has 0 bridgehead atoms. The van der Waals surface area contributed by atoms with E-state index in [4.69, 9.17) is 16.3 Å². The summed E-state index contributed by atoms with van der Waals surface area (Å²) in [7, 11) is 1.61. The summed E-state index contributed by atoms with van der Waals surface area (Å²) in [6.45, 7) is 0.612. The van der Waals surface area contributed by atoms with E-state index in [2.05, 4.69) is 19.5 Å². The molecule has 0 spiro atoms. The van der Waals surface area contributed by atoms with E-state index in [0.717, 1.165) is 16.5 Å². The van der Waals surface area contributed by atoms with Gasteiger partial charge in [0.25, 0.3) is 0 Å². The smallest absolute Gasteiger partial charge is 0.206 e. The summed E-state index contributed by atoms with van der Waals surface area (Å²) >= 11 is 7.33. The fraction of sp³-hybridized carbons (Fsp3) is 0.0833. The van der Waals surface area contributed by atoms with Crippen molar-refractivity contribution in [1.29, 1.82) is 0 Å². The minimum atomic E-state index is -0.0919. The van der Waals surface area contributed by atoms with Crippen LogP contribution in [0.5, 0.6) is 5.75 Å². The number of methoxy groups -OCH3 is 1. The van der Waals surface area contributed by atoms with Gasteiger partial charge in [-0.2, -0.15) is 0 Å². The fourth-order valence-corrected chi connectivity index (χ4v) is 4.50. The molecule has 8 heteroatoms. The van der Waals surface area contributed by atoms with Crippen LogP contribution in [-0.2, 0) is 6.54 Å². The number of halogens is 1. The van der Waals surface area contributed by atoms with Gasteiger partial charge in [-0.15, -0.1) is 11.3 Å². The van der Waals surface area contributed by atoms with Gasteiger partial charge in [0.2, 0.25) is 5.78 Å². The van der Waals surface area contributed by atoms with Gasteiger partial charge < -0.3 is 9.30 Å². The third kappa shape index (κ3) is 3.88. The normalized spacial score (nSPS) is 11.1. The lowest BCUT2D eigenvalue weighted by molar-refractivity contribution is 0.104. The molecule has 5 aromatic rings. The van der Waals surface area contributed by atoms with Crippen molar-refractivity contribution >= 4 is 39.6 Å². The molecule has 0 fully saturated rings. The highest BCUT2D eigenvalue weighted by Crippen LogP contribution is 2.31. The van der Waals surface area contributed by atoms with Crippen LogP contribution in [0, 0.1) is 0 Å². The van der Waals surface area contributed by atoms with Crippen molar-refractivity contribution in [2.75, 3.05) is 7.11 Å². The van der Waals surface area contributed by atoms with Crippen LogP contribution in [0.2, 0.25) is 5.02 Å². The number of carbonyl (C=O) groups is 1. The number of nitrogens with zero attached hydrogens (tertiary/aromatic N) is 4. The zero-order valence-electron chi connectivity index (χ0n) is 17.0. The van der Waals surface area contributed by atoms with Gasteiger partial charge in [0, 0.05) is 52.8 Å². The maximum Gasteiger partial charge on any atom is 0.206 e. The number of ether oxygens (including phenoxy) is 1. The summed E-state index contributed by atoms with van der Waals surface area (Å²) in [6, 6.07) is 13.5. The summed E-state index contributed by atoms with van der Waals surface area (Å²) in [5.74, 6) is 0.603. The number of carbonyl (C=O) groups excluding carboxylic acids is 1. The molecule has 0 atom stereocenters. The van der Waals surface area contributed by atoms with Gasteiger partial charge in [-0.05, 0) is 35.9 Å². The van der Waals surface area contributed by atoms with E-state index in [1.54, 1.807) is 31.9 Å². The second-order valence-corrected chi connectivity index (χ2v) is 8.60. The van der Waals surface area contributed by atoms with Crippen molar-refractivity contribution in [1.82, 2.24) is 19.5 Å². The highest BCUT2D eigenvalue weighted by Gasteiger charge is 2.20. The summed E-state index contributed by atoms with van der Waals surface area (Å²) in [5, 5.41) is 2.18. The van der Waals surface area contributed by atoms with Gasteiger partial charge in [0.1, 0.15) is 16.5 Å². The molecule has 3 aromatic heterocycles. The predicted molar refractivity (Wildman–Crippen MR) is 126 cm³/mol. The number of hydrogen-bond donors (Lipinski definition) is 0. The monoisotopic (exact) mass is 460 g/mol. The molecule has 2 aromatic carbocycles. The summed E-state index contributed by atoms with van der Waals surface area (Å²) in [5.41, 5.74) is 3.28. The Morgan fingerprint density at radius 2 is 1.94 bits per heavy atom. The molecule has 0 amide bonds. The topological polar surface area (TPSA) is 69.9 Å². The Morgan fingerprint density at radius 3 is 2.69 bits per heavy atom. The molecule has 158 valence electrons. The SMILES string of the molecule is COc1ccc2c(c1)c(C(=O)c1cnc(-c3cnccn3)s1)cn2Cc1ccc(Cl)cc1. The van der Waals surface area contributed by atoms with Gasteiger partial charge in [-0.1, -0.05) is 23.7 Å². The van der Waals surface area contributed by atoms with Crippen LogP contribution >= 0.6 is 22.9 Å². The summed E-state index contributed by atoms with van der Waals surface area (Å²) in [6.07, 6.45) is 8.33. The first-order valence-electron chi connectivity index (χ1n) is 9.80. The van der Waals surface area contributed by atoms with Crippen molar-refractivity contribution in [3.63, 3.8) is 0 Å². The Morgan fingerprint density at radius 1 is 1.09 bits per heavy atom. The first-order chi connectivity index (χ1) is 15.6. The number of thiazole rings is 1. The Hall–Kier alpha value is -3.55. The van der Waals surface area contributed by atoms with Crippen molar-refractivity contribution in [3.05, 3.63) is 94.5 Å². The molecular formula is C24H17ClN4O2S. The Bertz CT molecular complexity index is 1410.